The molecule has 21 heavy (non-hydrogen) atoms. The highest BCUT2D eigenvalue weighted by molar-refractivity contribution is 9.10. The Morgan fingerprint density at radius 3 is 2.52 bits per heavy atom. The Kier molecular flexibility index (Phi) is 5.11. The van der Waals surface area contributed by atoms with Gasteiger partial charge in [-0.25, -0.2) is 5.43 Å². The lowest BCUT2D eigenvalue weighted by Gasteiger charge is -2.05. The number of nitrogens with one attached hydrogen (secondary N) is 1. The molecule has 0 spiro atoms. The number of carbonyl (C=O) groups excluding carboxylic acids is 1. The summed E-state index contributed by atoms with van der Waals surface area (Å²) in [6.07, 6.45) is 0. The smallest absolute Gasteiger partial charge is 0.271 e. The fourth-order valence-electron chi connectivity index (χ4n) is 1.71. The predicted octanol–water partition coefficient (Wildman–Crippen LogP) is 3.61. The van der Waals surface area contributed by atoms with Crippen molar-refractivity contribution in [2.24, 2.45) is 5.10 Å². The Hall–Kier alpha value is -2.14. The molecule has 2 rings (SSSR count). The molecule has 2 aromatic rings. The van der Waals surface area contributed by atoms with E-state index in [9.17, 15) is 4.79 Å². The van der Waals surface area contributed by atoms with Crippen molar-refractivity contribution in [1.29, 1.82) is 0 Å². The van der Waals surface area contributed by atoms with E-state index >= 15 is 0 Å². The van der Waals surface area contributed by atoms with Gasteiger partial charge in [-0.2, -0.15) is 5.10 Å². The van der Waals surface area contributed by atoms with E-state index in [-0.39, 0.29) is 5.91 Å². The first-order chi connectivity index (χ1) is 10.1. The maximum atomic E-state index is 12.0. The van der Waals surface area contributed by atoms with Crippen molar-refractivity contribution in [3.8, 4) is 5.75 Å². The zero-order chi connectivity index (χ0) is 15.2. The Labute approximate surface area is 132 Å². The number of methoxy groups -OCH3 is 1. The fourth-order valence-corrected chi connectivity index (χ4v) is 1.98. The first-order valence-electron chi connectivity index (χ1n) is 6.35. The van der Waals surface area contributed by atoms with E-state index < -0.39 is 0 Å². The second kappa shape index (κ2) is 7.04. The van der Waals surface area contributed by atoms with Crippen LogP contribution in [0.4, 0.5) is 0 Å². The normalized spacial score (nSPS) is 11.1. The van der Waals surface area contributed by atoms with E-state index in [1.165, 1.54) is 0 Å². The van der Waals surface area contributed by atoms with Gasteiger partial charge in [-0.15, -0.1) is 0 Å². The molecular weight excluding hydrogens is 332 g/mol. The van der Waals surface area contributed by atoms with Crippen LogP contribution in [0.2, 0.25) is 0 Å². The lowest BCUT2D eigenvalue weighted by atomic mass is 10.1. The fraction of sp³-hybridized carbons (Fsp3) is 0.125. The maximum Gasteiger partial charge on any atom is 0.271 e. The van der Waals surface area contributed by atoms with Gasteiger partial charge in [-0.1, -0.05) is 28.1 Å². The number of rotatable bonds is 4. The Bertz CT molecular complexity index is 666. The lowest BCUT2D eigenvalue weighted by Crippen LogP contribution is -2.19. The summed E-state index contributed by atoms with van der Waals surface area (Å²) in [5.74, 6) is 0.506. The van der Waals surface area contributed by atoms with Crippen LogP contribution < -0.4 is 10.2 Å². The molecule has 1 amide bonds. The summed E-state index contributed by atoms with van der Waals surface area (Å²) in [5.41, 5.74) is 4.70. The molecule has 0 radical (unpaired) electrons. The van der Waals surface area contributed by atoms with E-state index in [1.54, 1.807) is 19.2 Å². The third-order valence-corrected chi connectivity index (χ3v) is 3.45. The second-order valence-corrected chi connectivity index (χ2v) is 5.29. The topological polar surface area (TPSA) is 50.7 Å². The van der Waals surface area contributed by atoms with Crippen LogP contribution in [-0.4, -0.2) is 18.7 Å². The summed E-state index contributed by atoms with van der Waals surface area (Å²) in [4.78, 5) is 12.0. The van der Waals surface area contributed by atoms with Crippen LogP contribution in [0.15, 0.2) is 58.1 Å². The minimum absolute atomic E-state index is 0.246. The Balaban J connectivity index is 2.09. The van der Waals surface area contributed by atoms with E-state index in [2.05, 4.69) is 26.5 Å². The summed E-state index contributed by atoms with van der Waals surface area (Å²) in [6.45, 7) is 1.83. The van der Waals surface area contributed by atoms with Gasteiger partial charge in [0.2, 0.25) is 0 Å². The van der Waals surface area contributed by atoms with E-state index in [4.69, 9.17) is 4.74 Å². The molecule has 0 aliphatic rings. The average molecular weight is 347 g/mol. The van der Waals surface area contributed by atoms with Crippen molar-refractivity contribution >= 4 is 27.5 Å². The number of hydrogen-bond acceptors (Lipinski definition) is 3. The number of nitrogens with zero attached hydrogens (tertiary/aromatic N) is 1. The van der Waals surface area contributed by atoms with Crippen LogP contribution in [-0.2, 0) is 0 Å². The van der Waals surface area contributed by atoms with Crippen LogP contribution >= 0.6 is 15.9 Å². The molecule has 0 aliphatic carbocycles. The minimum Gasteiger partial charge on any atom is -0.497 e. The first-order valence-corrected chi connectivity index (χ1v) is 7.14. The molecule has 2 aromatic carbocycles. The zero-order valence-electron chi connectivity index (χ0n) is 11.8. The van der Waals surface area contributed by atoms with Gasteiger partial charge in [0.15, 0.2) is 0 Å². The maximum absolute atomic E-state index is 12.0. The monoisotopic (exact) mass is 346 g/mol. The molecule has 1 N–H and O–H groups in total. The Morgan fingerprint density at radius 2 is 1.86 bits per heavy atom. The lowest BCUT2D eigenvalue weighted by molar-refractivity contribution is 0.0955. The third kappa shape index (κ3) is 4.16. The number of hydrazone groups is 1. The van der Waals surface area contributed by atoms with Crippen molar-refractivity contribution in [2.75, 3.05) is 7.11 Å². The van der Waals surface area contributed by atoms with Gasteiger partial charge in [0.25, 0.3) is 5.91 Å². The zero-order valence-corrected chi connectivity index (χ0v) is 13.3. The number of carbonyl (C=O) groups is 1. The summed E-state index contributed by atoms with van der Waals surface area (Å²) >= 11 is 3.33. The van der Waals surface area contributed by atoms with Gasteiger partial charge in [-0.3, -0.25) is 4.79 Å². The molecule has 0 bridgehead atoms. The third-order valence-electron chi connectivity index (χ3n) is 2.92. The molecule has 0 saturated carbocycles. The molecule has 0 aliphatic heterocycles. The van der Waals surface area contributed by atoms with E-state index in [1.807, 2.05) is 43.3 Å². The highest BCUT2D eigenvalue weighted by atomic mass is 79.9. The highest BCUT2D eigenvalue weighted by Gasteiger charge is 2.05. The van der Waals surface area contributed by atoms with Gasteiger partial charge >= 0.3 is 0 Å². The molecule has 0 aromatic heterocycles. The van der Waals surface area contributed by atoms with Gasteiger partial charge in [-0.05, 0) is 43.3 Å². The average Bonchev–Trinajstić information content (AvgIpc) is 2.53. The molecule has 0 heterocycles. The molecule has 4 nitrogen and oxygen atoms in total. The molecule has 108 valence electrons. The van der Waals surface area contributed by atoms with Gasteiger partial charge in [0.1, 0.15) is 5.75 Å². The van der Waals surface area contributed by atoms with Crippen molar-refractivity contribution in [3.05, 3.63) is 64.1 Å². The summed E-state index contributed by atoms with van der Waals surface area (Å²) in [6, 6.07) is 14.6. The number of hydrogen-bond donors (Lipinski definition) is 1. The predicted molar refractivity (Wildman–Crippen MR) is 86.8 cm³/mol. The van der Waals surface area contributed by atoms with Crippen LogP contribution in [0.1, 0.15) is 22.8 Å². The molecule has 0 unspecified atom stereocenters. The van der Waals surface area contributed by atoms with Gasteiger partial charge < -0.3 is 4.74 Å². The quantitative estimate of drug-likeness (QED) is 0.679. The molecule has 0 fully saturated rings. The number of amides is 1. The second-order valence-electron chi connectivity index (χ2n) is 4.38. The van der Waals surface area contributed by atoms with E-state index in [0.717, 1.165) is 15.8 Å². The van der Waals surface area contributed by atoms with Crippen molar-refractivity contribution in [2.45, 2.75) is 6.92 Å². The van der Waals surface area contributed by atoms with Crippen LogP contribution in [0.3, 0.4) is 0 Å². The summed E-state index contributed by atoms with van der Waals surface area (Å²) < 4.78 is 6.09. The van der Waals surface area contributed by atoms with Crippen LogP contribution in [0.5, 0.6) is 5.75 Å². The summed E-state index contributed by atoms with van der Waals surface area (Å²) in [7, 11) is 1.61. The summed E-state index contributed by atoms with van der Waals surface area (Å²) in [5, 5.41) is 4.12. The highest BCUT2D eigenvalue weighted by Crippen LogP contribution is 2.13. The van der Waals surface area contributed by atoms with Gasteiger partial charge in [0.05, 0.1) is 12.8 Å². The van der Waals surface area contributed by atoms with Crippen LogP contribution in [0.25, 0.3) is 0 Å². The Morgan fingerprint density at radius 1 is 1.14 bits per heavy atom. The number of halogens is 1. The van der Waals surface area contributed by atoms with Crippen molar-refractivity contribution in [3.63, 3.8) is 0 Å². The van der Waals surface area contributed by atoms with E-state index in [0.29, 0.717) is 11.3 Å². The largest absolute Gasteiger partial charge is 0.497 e. The first kappa shape index (κ1) is 15.3. The molecule has 0 atom stereocenters. The molecule has 0 saturated heterocycles. The van der Waals surface area contributed by atoms with Crippen molar-refractivity contribution < 1.29 is 9.53 Å². The SMILES string of the molecule is COc1cccc(C(C)=NNC(=O)c2ccc(Br)cc2)c1. The van der Waals surface area contributed by atoms with Gasteiger partial charge in [0, 0.05) is 15.6 Å². The molecule has 5 heteroatoms. The number of ether oxygens (including phenoxy) is 1. The number of benzene rings is 2. The minimum atomic E-state index is -0.246. The molecular formula is C16H15BrN2O2. The van der Waals surface area contributed by atoms with Crippen LogP contribution in [0, 0.1) is 0 Å². The standard InChI is InChI=1S/C16H15BrN2O2/c1-11(13-4-3-5-15(10-13)21-2)18-19-16(20)12-6-8-14(17)9-7-12/h3-10H,1-2H3,(H,19,20). The van der Waals surface area contributed by atoms with Crippen molar-refractivity contribution in [1.82, 2.24) is 5.43 Å².